The summed E-state index contributed by atoms with van der Waals surface area (Å²) in [6.45, 7) is 0. The summed E-state index contributed by atoms with van der Waals surface area (Å²) < 4.78 is 37.5. The molecule has 3 aromatic carbocycles. The molecule has 0 saturated heterocycles. The van der Waals surface area contributed by atoms with E-state index in [1.807, 2.05) is 12.1 Å². The number of amides is 1. The molecule has 0 aliphatic heterocycles. The number of alkyl halides is 3. The Morgan fingerprint density at radius 3 is 2.23 bits per heavy atom. The van der Waals surface area contributed by atoms with Gasteiger partial charge in [0.15, 0.2) is 0 Å². The molecule has 0 unspecified atom stereocenters. The van der Waals surface area contributed by atoms with Crippen molar-refractivity contribution in [3.63, 3.8) is 0 Å². The highest BCUT2D eigenvalue weighted by Gasteiger charge is 2.29. The lowest BCUT2D eigenvalue weighted by atomic mass is 10.1. The second-order valence-electron chi connectivity index (χ2n) is 5.54. The first kappa shape index (κ1) is 17.5. The van der Waals surface area contributed by atoms with Crippen molar-refractivity contribution in [2.24, 2.45) is 5.10 Å². The highest BCUT2D eigenvalue weighted by molar-refractivity contribution is 6.01. The van der Waals surface area contributed by atoms with Gasteiger partial charge in [0.05, 0.1) is 17.3 Å². The summed E-state index contributed by atoms with van der Waals surface area (Å²) in [5.41, 5.74) is 1.92. The van der Waals surface area contributed by atoms with Gasteiger partial charge in [0, 0.05) is 0 Å². The molecule has 2 N–H and O–H groups in total. The summed E-state index contributed by atoms with van der Waals surface area (Å²) in [4.78, 5) is 12.2. The predicted molar refractivity (Wildman–Crippen MR) is 92.1 cm³/mol. The summed E-state index contributed by atoms with van der Waals surface area (Å²) in [6, 6.07) is 14.6. The molecule has 3 rings (SSSR count). The summed E-state index contributed by atoms with van der Waals surface area (Å²) in [5, 5.41) is 15.3. The number of hydrogen-bond acceptors (Lipinski definition) is 3. The van der Waals surface area contributed by atoms with Crippen LogP contribution < -0.4 is 5.43 Å². The summed E-state index contributed by atoms with van der Waals surface area (Å²) in [5.74, 6) is -0.817. The third-order valence-corrected chi connectivity index (χ3v) is 3.73. The number of fused-ring (bicyclic) bond motifs is 1. The molecule has 26 heavy (non-hydrogen) atoms. The van der Waals surface area contributed by atoms with Crippen LogP contribution >= 0.6 is 0 Å². The number of nitrogens with zero attached hydrogens (tertiary/aromatic N) is 1. The number of phenols is 1. The number of carbonyl (C=O) groups excluding carboxylic acids is 1. The fraction of sp³-hybridized carbons (Fsp3) is 0.0526. The van der Waals surface area contributed by atoms with E-state index in [1.165, 1.54) is 30.5 Å². The minimum atomic E-state index is -4.41. The fourth-order valence-electron chi connectivity index (χ4n) is 2.39. The van der Waals surface area contributed by atoms with Crippen molar-refractivity contribution >= 4 is 22.9 Å². The number of aromatic hydroxyl groups is 1. The molecule has 0 radical (unpaired) electrons. The lowest BCUT2D eigenvalue weighted by Crippen LogP contribution is -2.17. The third-order valence-electron chi connectivity index (χ3n) is 3.73. The van der Waals surface area contributed by atoms with Gasteiger partial charge in [0.25, 0.3) is 5.91 Å². The van der Waals surface area contributed by atoms with Crippen LogP contribution in [0.4, 0.5) is 13.2 Å². The van der Waals surface area contributed by atoms with E-state index in [1.54, 1.807) is 12.1 Å². The van der Waals surface area contributed by atoms with Crippen LogP contribution in [0.3, 0.4) is 0 Å². The van der Waals surface area contributed by atoms with Crippen molar-refractivity contribution in [1.29, 1.82) is 0 Å². The van der Waals surface area contributed by atoms with Crippen LogP contribution in [-0.2, 0) is 6.18 Å². The lowest BCUT2D eigenvalue weighted by molar-refractivity contribution is -0.137. The van der Waals surface area contributed by atoms with Crippen molar-refractivity contribution in [3.8, 4) is 5.75 Å². The molecule has 0 aromatic heterocycles. The van der Waals surface area contributed by atoms with Gasteiger partial charge in [-0.15, -0.1) is 0 Å². The minimum Gasteiger partial charge on any atom is -0.507 e. The molecule has 0 spiro atoms. The maximum absolute atomic E-state index is 12.5. The van der Waals surface area contributed by atoms with Crippen molar-refractivity contribution in [3.05, 3.63) is 77.4 Å². The number of hydrogen-bond donors (Lipinski definition) is 2. The van der Waals surface area contributed by atoms with E-state index in [-0.39, 0.29) is 11.3 Å². The Hall–Kier alpha value is -3.35. The maximum Gasteiger partial charge on any atom is 0.416 e. The van der Waals surface area contributed by atoms with E-state index in [4.69, 9.17) is 0 Å². The largest absolute Gasteiger partial charge is 0.507 e. The van der Waals surface area contributed by atoms with Crippen LogP contribution in [0.5, 0.6) is 5.75 Å². The molecule has 0 bridgehead atoms. The van der Waals surface area contributed by atoms with Gasteiger partial charge in [0.2, 0.25) is 0 Å². The number of carbonyl (C=O) groups is 1. The molecule has 0 heterocycles. The average molecular weight is 358 g/mol. The minimum absolute atomic E-state index is 0.0493. The molecule has 1 amide bonds. The average Bonchev–Trinajstić information content (AvgIpc) is 2.60. The van der Waals surface area contributed by atoms with Crippen molar-refractivity contribution < 1.29 is 23.1 Å². The number of benzene rings is 3. The first-order valence-corrected chi connectivity index (χ1v) is 7.57. The van der Waals surface area contributed by atoms with Crippen LogP contribution in [0.15, 0.2) is 65.8 Å². The van der Waals surface area contributed by atoms with Gasteiger partial charge in [-0.2, -0.15) is 18.3 Å². The second kappa shape index (κ2) is 6.87. The summed E-state index contributed by atoms with van der Waals surface area (Å²) in [6.07, 6.45) is -3.19. The van der Waals surface area contributed by atoms with E-state index in [2.05, 4.69) is 10.5 Å². The number of halogens is 3. The van der Waals surface area contributed by atoms with Crippen LogP contribution in [-0.4, -0.2) is 17.2 Å². The normalized spacial score (nSPS) is 11.8. The smallest absolute Gasteiger partial charge is 0.416 e. The van der Waals surface area contributed by atoms with Gasteiger partial charge in [-0.05, 0) is 40.6 Å². The molecule has 0 saturated carbocycles. The van der Waals surface area contributed by atoms with Gasteiger partial charge in [-0.1, -0.05) is 36.4 Å². The molecule has 0 aliphatic carbocycles. The number of nitrogens with one attached hydrogen (secondary N) is 1. The number of phenolic OH excluding ortho intramolecular Hbond substituents is 1. The van der Waals surface area contributed by atoms with Gasteiger partial charge in [-0.3, -0.25) is 4.79 Å². The van der Waals surface area contributed by atoms with Gasteiger partial charge < -0.3 is 5.11 Å². The van der Waals surface area contributed by atoms with E-state index in [0.717, 1.165) is 22.9 Å². The van der Waals surface area contributed by atoms with Crippen LogP contribution in [0, 0.1) is 0 Å². The summed E-state index contributed by atoms with van der Waals surface area (Å²) >= 11 is 0. The lowest BCUT2D eigenvalue weighted by Gasteiger charge is -2.06. The Morgan fingerprint density at radius 2 is 1.62 bits per heavy atom. The molecule has 132 valence electrons. The van der Waals surface area contributed by atoms with Gasteiger partial charge >= 0.3 is 6.18 Å². The predicted octanol–water partition coefficient (Wildman–Crippen LogP) is 4.33. The molecule has 0 fully saturated rings. The summed E-state index contributed by atoms with van der Waals surface area (Å²) in [7, 11) is 0. The molecule has 7 heteroatoms. The van der Waals surface area contributed by atoms with Gasteiger partial charge in [-0.25, -0.2) is 5.43 Å². The zero-order chi connectivity index (χ0) is 18.7. The number of rotatable bonds is 3. The van der Waals surface area contributed by atoms with Crippen molar-refractivity contribution in [1.82, 2.24) is 5.43 Å². The van der Waals surface area contributed by atoms with E-state index < -0.39 is 17.6 Å². The highest BCUT2D eigenvalue weighted by Crippen LogP contribution is 2.29. The zero-order valence-corrected chi connectivity index (χ0v) is 13.3. The topological polar surface area (TPSA) is 61.7 Å². The first-order valence-electron chi connectivity index (χ1n) is 7.57. The quantitative estimate of drug-likeness (QED) is 0.541. The third kappa shape index (κ3) is 3.83. The zero-order valence-electron chi connectivity index (χ0n) is 13.3. The van der Waals surface area contributed by atoms with Gasteiger partial charge in [0.1, 0.15) is 5.75 Å². The Morgan fingerprint density at radius 1 is 1.00 bits per heavy atom. The first-order chi connectivity index (χ1) is 12.3. The highest BCUT2D eigenvalue weighted by atomic mass is 19.4. The van der Waals surface area contributed by atoms with Crippen LogP contribution in [0.25, 0.3) is 10.8 Å². The standard InChI is InChI=1S/C19H13F3N2O2/c20-19(21,22)15-7-5-12(6-8-15)11-23-24-18(26)16-9-13-3-1-2-4-14(13)10-17(16)25/h1-11,25H,(H,24,26)/b23-11-. The maximum atomic E-state index is 12.5. The monoisotopic (exact) mass is 358 g/mol. The Labute approximate surface area is 146 Å². The molecule has 0 aliphatic rings. The Balaban J connectivity index is 1.72. The molecule has 4 nitrogen and oxygen atoms in total. The van der Waals surface area contributed by atoms with Crippen LogP contribution in [0.1, 0.15) is 21.5 Å². The molecule has 3 aromatic rings. The van der Waals surface area contributed by atoms with E-state index >= 15 is 0 Å². The van der Waals surface area contributed by atoms with E-state index in [0.29, 0.717) is 5.56 Å². The van der Waals surface area contributed by atoms with E-state index in [9.17, 15) is 23.1 Å². The van der Waals surface area contributed by atoms with Crippen molar-refractivity contribution in [2.75, 3.05) is 0 Å². The Kier molecular flexibility index (Phi) is 4.62. The Bertz CT molecular complexity index is 980. The molecule has 0 atom stereocenters. The molecular weight excluding hydrogens is 345 g/mol. The van der Waals surface area contributed by atoms with Crippen LogP contribution in [0.2, 0.25) is 0 Å². The van der Waals surface area contributed by atoms with Crippen molar-refractivity contribution in [2.45, 2.75) is 6.18 Å². The fourth-order valence-corrected chi connectivity index (χ4v) is 2.39. The molecular formula is C19H13F3N2O2. The number of hydrazone groups is 1. The second-order valence-corrected chi connectivity index (χ2v) is 5.54. The SMILES string of the molecule is O=C(N/N=C\c1ccc(C(F)(F)F)cc1)c1cc2ccccc2cc1O.